The minimum atomic E-state index is -0.121. The smallest absolute Gasteiger partial charge is 0.178 e. The summed E-state index contributed by atoms with van der Waals surface area (Å²) < 4.78 is 2.22. The van der Waals surface area contributed by atoms with Crippen LogP contribution >= 0.6 is 31.9 Å². The van der Waals surface area contributed by atoms with Gasteiger partial charge in [-0.05, 0) is 48.6 Å². The van der Waals surface area contributed by atoms with Crippen LogP contribution in [0.3, 0.4) is 0 Å². The average Bonchev–Trinajstić information content (AvgIpc) is 2.28. The Kier molecular flexibility index (Phi) is 5.35. The fourth-order valence-corrected chi connectivity index (χ4v) is 1.40. The van der Waals surface area contributed by atoms with E-state index in [2.05, 4.69) is 31.9 Å². The number of halogens is 2. The maximum atomic E-state index is 10.3. The lowest BCUT2D eigenvalue weighted by molar-refractivity contribution is -0.113. The maximum Gasteiger partial charge on any atom is 0.178 e. The highest BCUT2D eigenvalue weighted by Gasteiger charge is 1.97. The highest BCUT2D eigenvalue weighted by molar-refractivity contribution is 9.11. The van der Waals surface area contributed by atoms with Gasteiger partial charge in [0.2, 0.25) is 0 Å². The molecule has 0 N–H and O–H groups in total. The second kappa shape index (κ2) is 6.55. The topological polar surface area (TPSA) is 34.1 Å². The third-order valence-electron chi connectivity index (χ3n) is 1.63. The Bertz CT molecular complexity index is 386. The molecule has 0 aromatic heterocycles. The van der Waals surface area contributed by atoms with Gasteiger partial charge in [0, 0.05) is 8.95 Å². The lowest BCUT2D eigenvalue weighted by Gasteiger charge is -1.87. The molecule has 0 aliphatic heterocycles. The normalized spacial score (nSPS) is 13.4. The van der Waals surface area contributed by atoms with Crippen molar-refractivity contribution in [3.05, 3.63) is 57.5 Å². The molecule has 2 rings (SSSR count). The standard InChI is InChI=1S/C6H4Br2.C6H4O2/c2*7-5-1-2-6(8)4-3-5/h2*1-4H. The van der Waals surface area contributed by atoms with Gasteiger partial charge in [-0.15, -0.1) is 0 Å². The first kappa shape index (κ1) is 13.1. The molecule has 1 aliphatic carbocycles. The summed E-state index contributed by atoms with van der Waals surface area (Å²) in [6, 6.07) is 7.96. The van der Waals surface area contributed by atoms with Crippen molar-refractivity contribution in [2.24, 2.45) is 0 Å². The highest BCUT2D eigenvalue weighted by Crippen LogP contribution is 2.14. The Morgan fingerprint density at radius 3 is 1.12 bits per heavy atom. The summed E-state index contributed by atoms with van der Waals surface area (Å²) in [6.45, 7) is 0. The van der Waals surface area contributed by atoms with Crippen LogP contribution in [-0.2, 0) is 9.59 Å². The van der Waals surface area contributed by atoms with Crippen LogP contribution in [0.2, 0.25) is 0 Å². The molecule has 1 aliphatic rings. The van der Waals surface area contributed by atoms with E-state index >= 15 is 0 Å². The van der Waals surface area contributed by atoms with Crippen molar-refractivity contribution >= 4 is 43.4 Å². The molecular weight excluding hydrogens is 336 g/mol. The molecule has 0 heterocycles. The van der Waals surface area contributed by atoms with E-state index in [1.165, 1.54) is 24.3 Å². The quantitative estimate of drug-likeness (QED) is 0.676. The summed E-state index contributed by atoms with van der Waals surface area (Å²) in [6.07, 6.45) is 5.01. The van der Waals surface area contributed by atoms with E-state index < -0.39 is 0 Å². The van der Waals surface area contributed by atoms with Crippen molar-refractivity contribution in [2.45, 2.75) is 0 Å². The Morgan fingerprint density at radius 2 is 0.875 bits per heavy atom. The fourth-order valence-electron chi connectivity index (χ4n) is 0.869. The fraction of sp³-hybridized carbons (Fsp3) is 0. The molecule has 1 aromatic rings. The molecule has 82 valence electrons. The minimum Gasteiger partial charge on any atom is -0.290 e. The lowest BCUT2D eigenvalue weighted by atomic mass is 10.2. The van der Waals surface area contributed by atoms with Gasteiger partial charge >= 0.3 is 0 Å². The first-order chi connectivity index (χ1) is 7.58. The van der Waals surface area contributed by atoms with Crippen LogP contribution in [0.1, 0.15) is 0 Å². The molecule has 0 atom stereocenters. The molecule has 16 heavy (non-hydrogen) atoms. The number of allylic oxidation sites excluding steroid dienone is 4. The summed E-state index contributed by atoms with van der Waals surface area (Å²) in [5, 5.41) is 0. The van der Waals surface area contributed by atoms with Crippen LogP contribution < -0.4 is 0 Å². The summed E-state index contributed by atoms with van der Waals surface area (Å²) in [7, 11) is 0. The largest absolute Gasteiger partial charge is 0.290 e. The third-order valence-corrected chi connectivity index (χ3v) is 2.68. The van der Waals surface area contributed by atoms with E-state index in [1.807, 2.05) is 24.3 Å². The van der Waals surface area contributed by atoms with Gasteiger partial charge in [-0.1, -0.05) is 31.9 Å². The Hall–Kier alpha value is -1.00. The monoisotopic (exact) mass is 342 g/mol. The van der Waals surface area contributed by atoms with Crippen LogP contribution in [0.4, 0.5) is 0 Å². The predicted molar refractivity (Wildman–Crippen MR) is 70.1 cm³/mol. The van der Waals surface area contributed by atoms with Crippen molar-refractivity contribution in [1.29, 1.82) is 0 Å². The van der Waals surface area contributed by atoms with Crippen molar-refractivity contribution in [3.63, 3.8) is 0 Å². The zero-order valence-corrected chi connectivity index (χ0v) is 11.4. The summed E-state index contributed by atoms with van der Waals surface area (Å²) in [4.78, 5) is 20.6. The van der Waals surface area contributed by atoms with E-state index in [9.17, 15) is 9.59 Å². The van der Waals surface area contributed by atoms with Gasteiger partial charge in [-0.3, -0.25) is 9.59 Å². The van der Waals surface area contributed by atoms with Gasteiger partial charge in [0.05, 0.1) is 0 Å². The highest BCUT2D eigenvalue weighted by atomic mass is 79.9. The Balaban J connectivity index is 0.000000160. The molecule has 0 unspecified atom stereocenters. The Labute approximate surface area is 110 Å². The Morgan fingerprint density at radius 1 is 0.625 bits per heavy atom. The first-order valence-corrected chi connectivity index (χ1v) is 6.01. The van der Waals surface area contributed by atoms with Gasteiger partial charge in [-0.25, -0.2) is 0 Å². The molecule has 0 amide bonds. The summed E-state index contributed by atoms with van der Waals surface area (Å²) in [5.74, 6) is -0.241. The number of carbonyl (C=O) groups is 2. The van der Waals surface area contributed by atoms with Crippen molar-refractivity contribution < 1.29 is 9.59 Å². The van der Waals surface area contributed by atoms with E-state index in [4.69, 9.17) is 0 Å². The van der Waals surface area contributed by atoms with Gasteiger partial charge in [0.1, 0.15) is 0 Å². The molecule has 0 saturated heterocycles. The third kappa shape index (κ3) is 5.19. The zero-order valence-electron chi connectivity index (χ0n) is 8.19. The number of rotatable bonds is 0. The molecule has 2 nitrogen and oxygen atoms in total. The molecule has 4 heteroatoms. The van der Waals surface area contributed by atoms with Gasteiger partial charge < -0.3 is 0 Å². The van der Waals surface area contributed by atoms with Crippen molar-refractivity contribution in [1.82, 2.24) is 0 Å². The number of hydrogen-bond donors (Lipinski definition) is 0. The first-order valence-electron chi connectivity index (χ1n) is 4.43. The molecule has 0 fully saturated rings. The summed E-state index contributed by atoms with van der Waals surface area (Å²) >= 11 is 6.65. The lowest BCUT2D eigenvalue weighted by Crippen LogP contribution is -1.97. The number of benzene rings is 1. The van der Waals surface area contributed by atoms with E-state index in [0.29, 0.717) is 0 Å². The number of ketones is 2. The molecule has 1 aromatic carbocycles. The number of hydrogen-bond acceptors (Lipinski definition) is 2. The molecule has 0 saturated carbocycles. The second-order valence-electron chi connectivity index (χ2n) is 2.91. The van der Waals surface area contributed by atoms with Crippen LogP contribution in [0.5, 0.6) is 0 Å². The average molecular weight is 344 g/mol. The molecule has 0 bridgehead atoms. The van der Waals surface area contributed by atoms with E-state index in [0.717, 1.165) is 8.95 Å². The van der Waals surface area contributed by atoms with Crippen LogP contribution in [-0.4, -0.2) is 11.6 Å². The van der Waals surface area contributed by atoms with Crippen LogP contribution in [0, 0.1) is 0 Å². The molecule has 0 spiro atoms. The van der Waals surface area contributed by atoms with Gasteiger partial charge in [0.15, 0.2) is 11.6 Å². The SMILES string of the molecule is Brc1ccc(Br)cc1.O=C1C=CC(=O)C=C1. The molecular formula is C12H8Br2O2. The van der Waals surface area contributed by atoms with E-state index in [1.54, 1.807) is 0 Å². The maximum absolute atomic E-state index is 10.3. The predicted octanol–water partition coefficient (Wildman–Crippen LogP) is 3.46. The van der Waals surface area contributed by atoms with Gasteiger partial charge in [0.25, 0.3) is 0 Å². The number of carbonyl (C=O) groups excluding carboxylic acids is 2. The van der Waals surface area contributed by atoms with Gasteiger partial charge in [-0.2, -0.15) is 0 Å². The van der Waals surface area contributed by atoms with E-state index in [-0.39, 0.29) is 11.6 Å². The second-order valence-corrected chi connectivity index (χ2v) is 4.74. The zero-order chi connectivity index (χ0) is 12.0. The van der Waals surface area contributed by atoms with Crippen LogP contribution in [0.15, 0.2) is 57.5 Å². The minimum absolute atomic E-state index is 0.121. The summed E-state index contributed by atoms with van der Waals surface area (Å²) in [5.41, 5.74) is 0. The molecule has 0 radical (unpaired) electrons. The van der Waals surface area contributed by atoms with Crippen LogP contribution in [0.25, 0.3) is 0 Å². The van der Waals surface area contributed by atoms with Crippen molar-refractivity contribution in [2.75, 3.05) is 0 Å². The van der Waals surface area contributed by atoms with Crippen molar-refractivity contribution in [3.8, 4) is 0 Å².